The number of phenolic OH excluding ortho intramolecular Hbond substituents is 1. The second-order valence-corrected chi connectivity index (χ2v) is 3.56. The third-order valence-electron chi connectivity index (χ3n) is 2.19. The third-order valence-corrected chi connectivity index (χ3v) is 2.48. The van der Waals surface area contributed by atoms with E-state index in [1.54, 1.807) is 0 Å². The van der Waals surface area contributed by atoms with E-state index in [0.29, 0.717) is 0 Å². The SMILES string of the molecule is COC(=O)C(O)c1c(C)c(F)cc(Cl)c1O. The van der Waals surface area contributed by atoms with Crippen molar-refractivity contribution in [3.05, 3.63) is 28.0 Å². The summed E-state index contributed by atoms with van der Waals surface area (Å²) in [6.45, 7) is 1.31. The normalized spacial score (nSPS) is 12.3. The molecule has 0 amide bonds. The van der Waals surface area contributed by atoms with Crippen molar-refractivity contribution in [2.24, 2.45) is 0 Å². The molecule has 1 aromatic rings. The van der Waals surface area contributed by atoms with E-state index in [1.807, 2.05) is 0 Å². The molecular formula is C10H10ClFO4. The van der Waals surface area contributed by atoms with Crippen molar-refractivity contribution in [1.29, 1.82) is 0 Å². The quantitative estimate of drug-likeness (QED) is 0.782. The number of aliphatic hydroxyl groups excluding tert-OH is 1. The summed E-state index contributed by atoms with van der Waals surface area (Å²) in [6.07, 6.45) is -1.77. The fraction of sp³-hybridized carbons (Fsp3) is 0.300. The van der Waals surface area contributed by atoms with Gasteiger partial charge >= 0.3 is 5.97 Å². The van der Waals surface area contributed by atoms with Gasteiger partial charge in [-0.25, -0.2) is 9.18 Å². The number of aliphatic hydroxyl groups is 1. The summed E-state index contributed by atoms with van der Waals surface area (Å²) in [4.78, 5) is 11.1. The molecule has 0 heterocycles. The van der Waals surface area contributed by atoms with Gasteiger partial charge in [-0.15, -0.1) is 0 Å². The predicted molar refractivity (Wildman–Crippen MR) is 54.8 cm³/mol. The average molecular weight is 249 g/mol. The number of carbonyl (C=O) groups excluding carboxylic acids is 1. The number of carbonyl (C=O) groups is 1. The van der Waals surface area contributed by atoms with Crippen LogP contribution in [0.3, 0.4) is 0 Å². The molecule has 0 aliphatic rings. The van der Waals surface area contributed by atoms with E-state index in [-0.39, 0.29) is 16.1 Å². The molecule has 1 aromatic carbocycles. The van der Waals surface area contributed by atoms with E-state index in [2.05, 4.69) is 4.74 Å². The number of hydrogen-bond acceptors (Lipinski definition) is 4. The molecule has 16 heavy (non-hydrogen) atoms. The van der Waals surface area contributed by atoms with Crippen LogP contribution >= 0.6 is 11.6 Å². The van der Waals surface area contributed by atoms with E-state index >= 15 is 0 Å². The van der Waals surface area contributed by atoms with E-state index in [9.17, 15) is 19.4 Å². The van der Waals surface area contributed by atoms with Gasteiger partial charge in [0, 0.05) is 5.56 Å². The van der Waals surface area contributed by atoms with Crippen molar-refractivity contribution in [2.45, 2.75) is 13.0 Å². The number of hydrogen-bond donors (Lipinski definition) is 2. The van der Waals surface area contributed by atoms with Gasteiger partial charge in [-0.3, -0.25) is 0 Å². The van der Waals surface area contributed by atoms with Gasteiger partial charge in [0.25, 0.3) is 0 Å². The predicted octanol–water partition coefficient (Wildman–Crippen LogP) is 1.70. The smallest absolute Gasteiger partial charge is 0.339 e. The van der Waals surface area contributed by atoms with E-state index in [4.69, 9.17) is 11.6 Å². The number of esters is 1. The van der Waals surface area contributed by atoms with Gasteiger partial charge in [-0.2, -0.15) is 0 Å². The zero-order valence-corrected chi connectivity index (χ0v) is 9.38. The molecule has 0 spiro atoms. The Labute approximate surface area is 96.2 Å². The Morgan fingerprint density at radius 3 is 2.69 bits per heavy atom. The first-order chi connectivity index (χ1) is 7.40. The van der Waals surface area contributed by atoms with Gasteiger partial charge < -0.3 is 14.9 Å². The van der Waals surface area contributed by atoms with Crippen LogP contribution in [-0.2, 0) is 9.53 Å². The number of benzene rings is 1. The molecule has 0 aliphatic heterocycles. The summed E-state index contributed by atoms with van der Waals surface area (Å²) in [5.41, 5.74) is -0.336. The Morgan fingerprint density at radius 2 is 2.19 bits per heavy atom. The first kappa shape index (κ1) is 12.7. The monoisotopic (exact) mass is 248 g/mol. The Morgan fingerprint density at radius 1 is 1.62 bits per heavy atom. The Hall–Kier alpha value is -1.33. The lowest BCUT2D eigenvalue weighted by Crippen LogP contribution is -2.15. The van der Waals surface area contributed by atoms with E-state index < -0.39 is 23.6 Å². The van der Waals surface area contributed by atoms with Crippen molar-refractivity contribution in [3.63, 3.8) is 0 Å². The number of rotatable bonds is 2. The molecule has 88 valence electrons. The minimum absolute atomic E-state index is 0.0557. The minimum atomic E-state index is -1.77. The van der Waals surface area contributed by atoms with Gasteiger partial charge in [0.2, 0.25) is 0 Å². The maximum Gasteiger partial charge on any atom is 0.339 e. The second kappa shape index (κ2) is 4.67. The lowest BCUT2D eigenvalue weighted by Gasteiger charge is -2.14. The first-order valence-corrected chi connectivity index (χ1v) is 4.71. The van der Waals surface area contributed by atoms with Crippen LogP contribution in [0.25, 0.3) is 0 Å². The van der Waals surface area contributed by atoms with Crippen LogP contribution in [0.5, 0.6) is 5.75 Å². The fourth-order valence-corrected chi connectivity index (χ4v) is 1.48. The summed E-state index contributed by atoms with van der Waals surface area (Å²) in [5.74, 6) is -2.25. The molecule has 0 saturated carbocycles. The summed E-state index contributed by atoms with van der Waals surface area (Å²) in [6, 6.07) is 0.903. The van der Waals surface area contributed by atoms with Crippen LogP contribution in [0, 0.1) is 12.7 Å². The molecule has 2 N–H and O–H groups in total. The number of phenols is 1. The van der Waals surface area contributed by atoms with Crippen molar-refractivity contribution >= 4 is 17.6 Å². The van der Waals surface area contributed by atoms with Crippen LogP contribution in [0.4, 0.5) is 4.39 Å². The van der Waals surface area contributed by atoms with Crippen LogP contribution < -0.4 is 0 Å². The summed E-state index contributed by atoms with van der Waals surface area (Å²) in [7, 11) is 1.07. The van der Waals surface area contributed by atoms with Gasteiger partial charge in [-0.1, -0.05) is 11.6 Å². The molecule has 4 nitrogen and oxygen atoms in total. The molecule has 0 aliphatic carbocycles. The number of methoxy groups -OCH3 is 1. The molecule has 1 atom stereocenters. The van der Waals surface area contributed by atoms with Gasteiger partial charge in [-0.05, 0) is 18.6 Å². The lowest BCUT2D eigenvalue weighted by atomic mass is 10.0. The maximum absolute atomic E-state index is 13.3. The second-order valence-electron chi connectivity index (χ2n) is 3.15. The Balaban J connectivity index is 3.37. The van der Waals surface area contributed by atoms with Crippen molar-refractivity contribution in [3.8, 4) is 5.75 Å². The molecule has 1 unspecified atom stereocenters. The highest BCUT2D eigenvalue weighted by Gasteiger charge is 2.26. The number of ether oxygens (including phenoxy) is 1. The average Bonchev–Trinajstić information content (AvgIpc) is 2.25. The molecule has 0 aromatic heterocycles. The lowest BCUT2D eigenvalue weighted by molar-refractivity contribution is -0.150. The first-order valence-electron chi connectivity index (χ1n) is 4.33. The van der Waals surface area contributed by atoms with Gasteiger partial charge in [0.05, 0.1) is 12.1 Å². The zero-order chi connectivity index (χ0) is 12.5. The molecule has 0 radical (unpaired) electrons. The number of aromatic hydroxyl groups is 1. The molecule has 0 fully saturated rings. The fourth-order valence-electron chi connectivity index (χ4n) is 1.29. The molecule has 6 heteroatoms. The van der Waals surface area contributed by atoms with Gasteiger partial charge in [0.15, 0.2) is 6.10 Å². The van der Waals surface area contributed by atoms with Crippen LogP contribution in [0.1, 0.15) is 17.2 Å². The summed E-state index contributed by atoms with van der Waals surface area (Å²) < 4.78 is 17.6. The highest BCUT2D eigenvalue weighted by atomic mass is 35.5. The van der Waals surface area contributed by atoms with Crippen LogP contribution in [0.2, 0.25) is 5.02 Å². The van der Waals surface area contributed by atoms with Crippen LogP contribution in [-0.4, -0.2) is 23.3 Å². The summed E-state index contributed by atoms with van der Waals surface area (Å²) in [5, 5.41) is 18.8. The minimum Gasteiger partial charge on any atom is -0.506 e. The highest BCUT2D eigenvalue weighted by Crippen LogP contribution is 2.36. The number of halogens is 2. The third kappa shape index (κ3) is 2.10. The van der Waals surface area contributed by atoms with Gasteiger partial charge in [0.1, 0.15) is 11.6 Å². The summed E-state index contributed by atoms with van der Waals surface area (Å²) >= 11 is 5.53. The molecular weight excluding hydrogens is 239 g/mol. The molecule has 1 rings (SSSR count). The standard InChI is InChI=1S/C10H10ClFO4/c1-4-6(12)3-5(11)8(13)7(4)9(14)10(15)16-2/h3,9,13-14H,1-2H3. The Kier molecular flexibility index (Phi) is 3.72. The maximum atomic E-state index is 13.3. The highest BCUT2D eigenvalue weighted by molar-refractivity contribution is 6.32. The van der Waals surface area contributed by atoms with Crippen molar-refractivity contribution < 1.29 is 24.1 Å². The van der Waals surface area contributed by atoms with Crippen molar-refractivity contribution in [2.75, 3.05) is 7.11 Å². The van der Waals surface area contributed by atoms with Crippen LogP contribution in [0.15, 0.2) is 6.07 Å². The topological polar surface area (TPSA) is 66.8 Å². The Bertz CT molecular complexity index is 407. The van der Waals surface area contributed by atoms with E-state index in [1.165, 1.54) is 6.92 Å². The van der Waals surface area contributed by atoms with Crippen molar-refractivity contribution in [1.82, 2.24) is 0 Å². The molecule has 0 saturated heterocycles. The van der Waals surface area contributed by atoms with E-state index in [0.717, 1.165) is 13.2 Å². The zero-order valence-electron chi connectivity index (χ0n) is 8.62. The largest absolute Gasteiger partial charge is 0.506 e. The molecule has 0 bridgehead atoms.